The van der Waals surface area contributed by atoms with Crippen molar-refractivity contribution in [1.29, 1.82) is 5.26 Å². The zero-order valence-electron chi connectivity index (χ0n) is 9.33. The lowest BCUT2D eigenvalue weighted by molar-refractivity contribution is 0.475. The average molecular weight is 225 g/mol. The molecular formula is C13H11N3O. The fraction of sp³-hybridized carbons (Fsp3) is 0.0769. The van der Waals surface area contributed by atoms with Gasteiger partial charge in [-0.2, -0.15) is 5.26 Å². The number of aromatic hydroxyl groups is 1. The van der Waals surface area contributed by atoms with Gasteiger partial charge in [-0.3, -0.25) is 0 Å². The van der Waals surface area contributed by atoms with Crippen molar-refractivity contribution in [2.75, 3.05) is 11.9 Å². The quantitative estimate of drug-likeness (QED) is 0.852. The molecule has 2 rings (SSSR count). The molecule has 0 aliphatic rings. The zero-order chi connectivity index (χ0) is 12.3. The van der Waals surface area contributed by atoms with Gasteiger partial charge < -0.3 is 10.0 Å². The minimum atomic E-state index is 0.231. The van der Waals surface area contributed by atoms with E-state index in [0.717, 1.165) is 11.4 Å². The molecule has 1 aromatic carbocycles. The molecule has 4 heteroatoms. The molecule has 0 bridgehead atoms. The van der Waals surface area contributed by atoms with Crippen molar-refractivity contribution in [3.05, 3.63) is 48.3 Å². The van der Waals surface area contributed by atoms with Crippen molar-refractivity contribution in [3.63, 3.8) is 0 Å². The number of nitriles is 1. The van der Waals surface area contributed by atoms with Crippen molar-refractivity contribution in [3.8, 4) is 11.8 Å². The van der Waals surface area contributed by atoms with Gasteiger partial charge in [0.05, 0.1) is 0 Å². The van der Waals surface area contributed by atoms with Crippen LogP contribution in [-0.4, -0.2) is 17.1 Å². The Balaban J connectivity index is 2.33. The van der Waals surface area contributed by atoms with Crippen LogP contribution in [0.15, 0.2) is 42.6 Å². The van der Waals surface area contributed by atoms with Crippen LogP contribution in [0.3, 0.4) is 0 Å². The zero-order valence-corrected chi connectivity index (χ0v) is 9.33. The normalized spacial score (nSPS) is 9.65. The van der Waals surface area contributed by atoms with Crippen LogP contribution >= 0.6 is 0 Å². The van der Waals surface area contributed by atoms with Crippen LogP contribution in [0.1, 0.15) is 5.69 Å². The third-order valence-electron chi connectivity index (χ3n) is 2.48. The number of phenolic OH excluding ortho intramolecular Hbond substituents is 1. The summed E-state index contributed by atoms with van der Waals surface area (Å²) < 4.78 is 0. The Labute approximate surface area is 99.4 Å². The van der Waals surface area contributed by atoms with Crippen LogP contribution in [0.2, 0.25) is 0 Å². The maximum atomic E-state index is 9.22. The van der Waals surface area contributed by atoms with Crippen LogP contribution in [0.5, 0.6) is 5.75 Å². The molecule has 0 unspecified atom stereocenters. The first kappa shape index (κ1) is 11.0. The summed E-state index contributed by atoms with van der Waals surface area (Å²) in [6, 6.07) is 12.4. The lowest BCUT2D eigenvalue weighted by Crippen LogP contribution is -2.09. The monoisotopic (exact) mass is 225 g/mol. The summed E-state index contributed by atoms with van der Waals surface area (Å²) in [4.78, 5) is 5.84. The SMILES string of the molecule is CN(c1ccc(O)cc1)c1ccnc(C#N)c1. The first-order valence-corrected chi connectivity index (χ1v) is 5.09. The highest BCUT2D eigenvalue weighted by Gasteiger charge is 2.04. The maximum absolute atomic E-state index is 9.22. The molecule has 1 aromatic heterocycles. The van der Waals surface area contributed by atoms with Crippen molar-refractivity contribution < 1.29 is 5.11 Å². The smallest absolute Gasteiger partial charge is 0.142 e. The molecule has 17 heavy (non-hydrogen) atoms. The molecule has 0 aliphatic heterocycles. The van der Waals surface area contributed by atoms with Crippen molar-refractivity contribution in [2.24, 2.45) is 0 Å². The summed E-state index contributed by atoms with van der Waals surface area (Å²) in [5.41, 5.74) is 2.19. The number of phenols is 1. The van der Waals surface area contributed by atoms with Crippen LogP contribution in [0.4, 0.5) is 11.4 Å². The van der Waals surface area contributed by atoms with Crippen molar-refractivity contribution >= 4 is 11.4 Å². The fourth-order valence-electron chi connectivity index (χ4n) is 1.51. The van der Waals surface area contributed by atoms with E-state index in [-0.39, 0.29) is 5.75 Å². The average Bonchev–Trinajstić information content (AvgIpc) is 2.39. The Kier molecular flexibility index (Phi) is 2.93. The number of rotatable bonds is 2. The molecule has 0 radical (unpaired) electrons. The number of anilines is 2. The summed E-state index contributed by atoms with van der Waals surface area (Å²) in [5, 5.41) is 18.0. The molecular weight excluding hydrogens is 214 g/mol. The van der Waals surface area contributed by atoms with E-state index >= 15 is 0 Å². The maximum Gasteiger partial charge on any atom is 0.142 e. The highest BCUT2D eigenvalue weighted by atomic mass is 16.3. The van der Waals surface area contributed by atoms with E-state index in [0.29, 0.717) is 5.69 Å². The largest absolute Gasteiger partial charge is 0.508 e. The lowest BCUT2D eigenvalue weighted by Gasteiger charge is -2.19. The molecule has 0 saturated carbocycles. The van der Waals surface area contributed by atoms with Gasteiger partial charge in [-0.1, -0.05) is 0 Å². The van der Waals surface area contributed by atoms with Crippen LogP contribution < -0.4 is 4.90 Å². The van der Waals surface area contributed by atoms with Gasteiger partial charge in [0.2, 0.25) is 0 Å². The number of hydrogen-bond acceptors (Lipinski definition) is 4. The Morgan fingerprint density at radius 1 is 1.18 bits per heavy atom. The van der Waals surface area contributed by atoms with Crippen LogP contribution in [-0.2, 0) is 0 Å². The van der Waals surface area contributed by atoms with Gasteiger partial charge in [-0.25, -0.2) is 4.98 Å². The first-order chi connectivity index (χ1) is 8.20. The lowest BCUT2D eigenvalue weighted by atomic mass is 10.2. The Bertz CT molecular complexity index is 558. The number of aromatic nitrogens is 1. The number of nitrogens with zero attached hydrogens (tertiary/aromatic N) is 3. The minimum absolute atomic E-state index is 0.231. The second-order valence-electron chi connectivity index (χ2n) is 3.59. The predicted octanol–water partition coefficient (Wildman–Crippen LogP) is 2.43. The van der Waals surface area contributed by atoms with Gasteiger partial charge in [-0.15, -0.1) is 0 Å². The summed E-state index contributed by atoms with van der Waals surface area (Å²) in [6.45, 7) is 0. The van der Waals surface area contributed by atoms with E-state index in [1.165, 1.54) is 0 Å². The third-order valence-corrected chi connectivity index (χ3v) is 2.48. The van der Waals surface area contributed by atoms with Gasteiger partial charge in [0.1, 0.15) is 17.5 Å². The summed E-state index contributed by atoms with van der Waals surface area (Å²) >= 11 is 0. The van der Waals surface area contributed by atoms with Gasteiger partial charge in [0, 0.05) is 24.6 Å². The van der Waals surface area contributed by atoms with Gasteiger partial charge in [-0.05, 0) is 36.4 Å². The predicted molar refractivity (Wildman–Crippen MR) is 65.1 cm³/mol. The summed E-state index contributed by atoms with van der Waals surface area (Å²) in [6.07, 6.45) is 1.60. The molecule has 1 N–H and O–H groups in total. The summed E-state index contributed by atoms with van der Waals surface area (Å²) in [7, 11) is 1.89. The highest BCUT2D eigenvalue weighted by Crippen LogP contribution is 2.24. The van der Waals surface area contributed by atoms with Crippen LogP contribution in [0.25, 0.3) is 0 Å². The second kappa shape index (κ2) is 4.54. The molecule has 2 aromatic rings. The van der Waals surface area contributed by atoms with E-state index in [4.69, 9.17) is 5.26 Å². The Morgan fingerprint density at radius 3 is 2.53 bits per heavy atom. The molecule has 84 valence electrons. The third kappa shape index (κ3) is 2.34. The van der Waals surface area contributed by atoms with Crippen molar-refractivity contribution in [2.45, 2.75) is 0 Å². The molecule has 0 aliphatic carbocycles. The van der Waals surface area contributed by atoms with Gasteiger partial charge in [0.25, 0.3) is 0 Å². The van der Waals surface area contributed by atoms with E-state index in [1.54, 1.807) is 24.4 Å². The molecule has 0 saturated heterocycles. The van der Waals surface area contributed by atoms with E-state index in [2.05, 4.69) is 4.98 Å². The molecule has 0 atom stereocenters. The Morgan fingerprint density at radius 2 is 1.88 bits per heavy atom. The first-order valence-electron chi connectivity index (χ1n) is 5.09. The van der Waals surface area contributed by atoms with E-state index in [1.807, 2.05) is 36.2 Å². The number of hydrogen-bond donors (Lipinski definition) is 1. The molecule has 0 spiro atoms. The van der Waals surface area contributed by atoms with E-state index < -0.39 is 0 Å². The van der Waals surface area contributed by atoms with Crippen molar-refractivity contribution in [1.82, 2.24) is 4.98 Å². The van der Waals surface area contributed by atoms with Gasteiger partial charge >= 0.3 is 0 Å². The standard InChI is InChI=1S/C13H11N3O/c1-16(11-2-4-13(17)5-3-11)12-6-7-15-10(8-12)9-14/h2-8,17H,1H3. The Hall–Kier alpha value is -2.54. The van der Waals surface area contributed by atoms with Gasteiger partial charge in [0.15, 0.2) is 0 Å². The second-order valence-corrected chi connectivity index (χ2v) is 3.59. The van der Waals surface area contributed by atoms with Crippen LogP contribution in [0, 0.1) is 11.3 Å². The van der Waals surface area contributed by atoms with E-state index in [9.17, 15) is 5.11 Å². The molecule has 0 fully saturated rings. The highest BCUT2D eigenvalue weighted by molar-refractivity contribution is 5.63. The number of benzene rings is 1. The topological polar surface area (TPSA) is 60.1 Å². The minimum Gasteiger partial charge on any atom is -0.508 e. The number of pyridine rings is 1. The fourth-order valence-corrected chi connectivity index (χ4v) is 1.51. The molecule has 4 nitrogen and oxygen atoms in total. The summed E-state index contributed by atoms with van der Waals surface area (Å²) in [5.74, 6) is 0.231. The molecule has 0 amide bonds. The molecule has 1 heterocycles.